The van der Waals surface area contributed by atoms with E-state index in [1.54, 1.807) is 16.9 Å². The highest BCUT2D eigenvalue weighted by Crippen LogP contribution is 2.38. The molecule has 1 aliphatic heterocycles. The van der Waals surface area contributed by atoms with Crippen molar-refractivity contribution < 1.29 is 13.6 Å². The van der Waals surface area contributed by atoms with Gasteiger partial charge in [0.05, 0.1) is 29.4 Å². The molecule has 0 unspecified atom stereocenters. The van der Waals surface area contributed by atoms with E-state index >= 15 is 0 Å². The van der Waals surface area contributed by atoms with Crippen molar-refractivity contribution in [2.75, 3.05) is 11.4 Å². The second-order valence-electron chi connectivity index (χ2n) is 8.94. The van der Waals surface area contributed by atoms with E-state index in [9.17, 15) is 13.6 Å². The number of pyridine rings is 1. The zero-order chi connectivity index (χ0) is 22.9. The first-order valence-electron chi connectivity index (χ1n) is 11.4. The van der Waals surface area contributed by atoms with Crippen molar-refractivity contribution >= 4 is 17.1 Å². The van der Waals surface area contributed by atoms with Crippen LogP contribution in [0.2, 0.25) is 0 Å². The summed E-state index contributed by atoms with van der Waals surface area (Å²) in [5, 5.41) is 16.5. The summed E-state index contributed by atoms with van der Waals surface area (Å²) >= 11 is 0. The molecule has 33 heavy (non-hydrogen) atoms. The molecule has 0 bridgehead atoms. The Morgan fingerprint density at radius 2 is 1.94 bits per heavy atom. The predicted molar refractivity (Wildman–Crippen MR) is 120 cm³/mol. The first-order chi connectivity index (χ1) is 16.0. The van der Waals surface area contributed by atoms with E-state index in [2.05, 4.69) is 21.4 Å². The molecule has 8 heteroatoms. The van der Waals surface area contributed by atoms with Crippen LogP contribution >= 0.6 is 0 Å². The molecule has 0 spiro atoms. The summed E-state index contributed by atoms with van der Waals surface area (Å²) in [6.07, 6.45) is 8.13. The topological polar surface area (TPSA) is 73.4 Å². The number of hydrogen-bond acceptors (Lipinski definition) is 4. The van der Waals surface area contributed by atoms with Gasteiger partial charge in [0.2, 0.25) is 0 Å². The van der Waals surface area contributed by atoms with Crippen LogP contribution in [0, 0.1) is 28.9 Å². The van der Waals surface area contributed by atoms with Crippen LogP contribution in [0.3, 0.4) is 0 Å². The number of nitrogens with zero attached hydrogens (tertiary/aromatic N) is 4. The largest absolute Gasteiger partial charge is 0.364 e. The van der Waals surface area contributed by atoms with Gasteiger partial charge in [-0.1, -0.05) is 0 Å². The van der Waals surface area contributed by atoms with Crippen molar-refractivity contribution in [1.82, 2.24) is 14.9 Å². The van der Waals surface area contributed by atoms with Gasteiger partial charge < -0.3 is 10.2 Å². The van der Waals surface area contributed by atoms with Crippen molar-refractivity contribution in [3.05, 3.63) is 65.5 Å². The number of rotatable bonds is 4. The quantitative estimate of drug-likeness (QED) is 0.623. The Balaban J connectivity index is 1.39. The summed E-state index contributed by atoms with van der Waals surface area (Å²) < 4.78 is 29.9. The van der Waals surface area contributed by atoms with Crippen molar-refractivity contribution in [1.29, 1.82) is 5.26 Å². The molecule has 5 rings (SSSR count). The Hall–Kier alpha value is -3.47. The van der Waals surface area contributed by atoms with E-state index in [4.69, 9.17) is 5.26 Å². The molecular formula is C25H25F2N5O. The standard InChI is InChI=1S/C25H25F2N5O/c26-17-5-8-22(27)20(12-17)23-2-1-10-31(23)19-9-11-32-24(13-19)21(15-29-32)25(33)30-18-6-3-16(14-28)4-7-18/h5,8-9,11-13,15-16,18,23H,1-4,6-7,10H2,(H,30,33)/t16?,18?,23-/m1/s1. The fourth-order valence-electron chi connectivity index (χ4n) is 5.12. The fraction of sp³-hybridized carbons (Fsp3) is 0.400. The van der Waals surface area contributed by atoms with E-state index < -0.39 is 11.6 Å². The molecule has 1 saturated heterocycles. The van der Waals surface area contributed by atoms with Crippen LogP contribution in [-0.4, -0.2) is 28.1 Å². The Bertz CT molecular complexity index is 1230. The molecule has 170 valence electrons. The smallest absolute Gasteiger partial charge is 0.255 e. The summed E-state index contributed by atoms with van der Waals surface area (Å²) in [6.45, 7) is 0.717. The van der Waals surface area contributed by atoms with Gasteiger partial charge in [0, 0.05) is 36.0 Å². The molecule has 2 fully saturated rings. The number of halogens is 2. The maximum atomic E-state index is 14.5. The van der Waals surface area contributed by atoms with Crippen molar-refractivity contribution in [2.45, 2.75) is 50.6 Å². The molecule has 2 aliphatic rings. The molecule has 3 aromatic rings. The Morgan fingerprint density at radius 3 is 2.73 bits per heavy atom. The highest BCUT2D eigenvalue weighted by atomic mass is 19.1. The van der Waals surface area contributed by atoms with Gasteiger partial charge in [0.1, 0.15) is 11.6 Å². The third kappa shape index (κ3) is 4.15. The van der Waals surface area contributed by atoms with Crippen LogP contribution < -0.4 is 10.2 Å². The van der Waals surface area contributed by atoms with Crippen molar-refractivity contribution in [3.63, 3.8) is 0 Å². The second kappa shape index (κ2) is 8.81. The Kier molecular flexibility index (Phi) is 5.71. The van der Waals surface area contributed by atoms with Crippen LogP contribution in [0.4, 0.5) is 14.5 Å². The molecule has 2 aromatic heterocycles. The number of hydrogen-bond donors (Lipinski definition) is 1. The van der Waals surface area contributed by atoms with E-state index in [1.165, 1.54) is 12.1 Å². The normalized spacial score (nSPS) is 22.9. The van der Waals surface area contributed by atoms with Gasteiger partial charge in [-0.3, -0.25) is 4.79 Å². The highest BCUT2D eigenvalue weighted by molar-refractivity contribution is 6.01. The summed E-state index contributed by atoms with van der Waals surface area (Å²) in [4.78, 5) is 15.1. The summed E-state index contributed by atoms with van der Waals surface area (Å²) in [7, 11) is 0. The maximum absolute atomic E-state index is 14.5. The number of nitriles is 1. The fourth-order valence-corrected chi connectivity index (χ4v) is 5.12. The lowest BCUT2D eigenvalue weighted by Gasteiger charge is -2.28. The van der Waals surface area contributed by atoms with Gasteiger partial charge in [-0.15, -0.1) is 0 Å². The molecule has 6 nitrogen and oxygen atoms in total. The molecule has 1 aliphatic carbocycles. The van der Waals surface area contributed by atoms with Crippen LogP contribution in [0.25, 0.3) is 5.52 Å². The molecule has 0 radical (unpaired) electrons. The molecule has 1 atom stereocenters. The molecule has 1 saturated carbocycles. The summed E-state index contributed by atoms with van der Waals surface area (Å²) in [5.74, 6) is -0.970. The lowest BCUT2D eigenvalue weighted by Crippen LogP contribution is -2.37. The third-order valence-electron chi connectivity index (χ3n) is 6.90. The minimum absolute atomic E-state index is 0.0548. The van der Waals surface area contributed by atoms with Gasteiger partial charge >= 0.3 is 0 Å². The van der Waals surface area contributed by atoms with Crippen molar-refractivity contribution in [2.24, 2.45) is 5.92 Å². The monoisotopic (exact) mass is 449 g/mol. The average Bonchev–Trinajstić information content (AvgIpc) is 3.48. The van der Waals surface area contributed by atoms with E-state index in [-0.39, 0.29) is 23.9 Å². The number of carbonyl (C=O) groups excluding carboxylic acids is 1. The average molecular weight is 450 g/mol. The molecular weight excluding hydrogens is 424 g/mol. The maximum Gasteiger partial charge on any atom is 0.255 e. The number of anilines is 1. The third-order valence-corrected chi connectivity index (χ3v) is 6.90. The number of carbonyl (C=O) groups is 1. The van der Waals surface area contributed by atoms with Gasteiger partial charge in [-0.2, -0.15) is 10.4 Å². The SMILES string of the molecule is N#CC1CCC(NC(=O)c2cnn3ccc(N4CCC[C@@H]4c4cc(F)ccc4F)cc23)CC1. The minimum Gasteiger partial charge on any atom is -0.364 e. The Labute approximate surface area is 190 Å². The predicted octanol–water partition coefficient (Wildman–Crippen LogP) is 4.77. The van der Waals surface area contributed by atoms with E-state index in [0.717, 1.165) is 50.3 Å². The molecule has 1 aromatic carbocycles. The number of nitrogens with one attached hydrogen (secondary N) is 1. The van der Waals surface area contributed by atoms with Gasteiger partial charge in [0.15, 0.2) is 0 Å². The lowest BCUT2D eigenvalue weighted by molar-refractivity contribution is 0.0926. The van der Waals surface area contributed by atoms with Crippen LogP contribution in [-0.2, 0) is 0 Å². The zero-order valence-corrected chi connectivity index (χ0v) is 18.2. The number of benzene rings is 1. The summed E-state index contributed by atoms with van der Waals surface area (Å²) in [6, 6.07) is 9.46. The number of fused-ring (bicyclic) bond motifs is 1. The van der Waals surface area contributed by atoms with Gasteiger partial charge in [-0.25, -0.2) is 13.3 Å². The summed E-state index contributed by atoms with van der Waals surface area (Å²) in [5.41, 5.74) is 2.34. The van der Waals surface area contributed by atoms with Gasteiger partial charge in [-0.05, 0) is 68.9 Å². The van der Waals surface area contributed by atoms with Crippen LogP contribution in [0.1, 0.15) is 60.5 Å². The number of amides is 1. The molecule has 3 heterocycles. The van der Waals surface area contributed by atoms with Crippen molar-refractivity contribution in [3.8, 4) is 6.07 Å². The minimum atomic E-state index is -0.452. The van der Waals surface area contributed by atoms with Crippen LogP contribution in [0.15, 0.2) is 42.7 Å². The zero-order valence-electron chi connectivity index (χ0n) is 18.2. The molecule has 1 amide bonds. The van der Waals surface area contributed by atoms with E-state index in [1.807, 2.05) is 12.1 Å². The molecule has 1 N–H and O–H groups in total. The lowest BCUT2D eigenvalue weighted by atomic mass is 9.87. The highest BCUT2D eigenvalue weighted by Gasteiger charge is 2.30. The first kappa shape index (κ1) is 21.4. The van der Waals surface area contributed by atoms with Crippen LogP contribution in [0.5, 0.6) is 0 Å². The number of aromatic nitrogens is 2. The second-order valence-corrected chi connectivity index (χ2v) is 8.94. The first-order valence-corrected chi connectivity index (χ1v) is 11.4. The Morgan fingerprint density at radius 1 is 1.12 bits per heavy atom. The van der Waals surface area contributed by atoms with Gasteiger partial charge in [0.25, 0.3) is 5.91 Å². The van der Waals surface area contributed by atoms with E-state index in [0.29, 0.717) is 23.2 Å².